The first-order chi connectivity index (χ1) is 12.5. The van der Waals surface area contributed by atoms with Crippen LogP contribution in [0.4, 0.5) is 4.79 Å². The second-order valence-corrected chi connectivity index (χ2v) is 7.36. The Bertz CT molecular complexity index is 641. The Kier molecular flexibility index (Phi) is 5.58. The summed E-state index contributed by atoms with van der Waals surface area (Å²) in [5.41, 5.74) is 0.499. The molecule has 2 aliphatic rings. The number of ether oxygens (including phenoxy) is 1. The number of imide groups is 1. The first-order valence-corrected chi connectivity index (χ1v) is 9.25. The largest absolute Gasteiger partial charge is 0.383 e. The predicted octanol–water partition coefficient (Wildman–Crippen LogP) is 1.74. The summed E-state index contributed by atoms with van der Waals surface area (Å²) < 4.78 is 5.18. The maximum atomic E-state index is 13.2. The number of hydrogen-bond acceptors (Lipinski definition) is 5. The van der Waals surface area contributed by atoms with Gasteiger partial charge in [0.25, 0.3) is 5.91 Å². The minimum Gasteiger partial charge on any atom is -0.383 e. The minimum atomic E-state index is -0.714. The fourth-order valence-corrected chi connectivity index (χ4v) is 4.00. The molecule has 0 saturated carbocycles. The fourth-order valence-electron chi connectivity index (χ4n) is 4.00. The molecule has 0 unspecified atom stereocenters. The number of piperidine rings is 1. The molecule has 1 aromatic rings. The Labute approximate surface area is 154 Å². The molecule has 0 aliphatic carbocycles. The highest BCUT2D eigenvalue weighted by Gasteiger charge is 2.58. The average Bonchev–Trinajstić information content (AvgIpc) is 2.83. The highest BCUT2D eigenvalue weighted by Crippen LogP contribution is 2.38. The van der Waals surface area contributed by atoms with Crippen LogP contribution in [0.1, 0.15) is 32.3 Å². The normalized spacial score (nSPS) is 20.6. The Morgan fingerprint density at radius 3 is 2.42 bits per heavy atom. The predicted molar refractivity (Wildman–Crippen MR) is 97.4 cm³/mol. The molecule has 26 heavy (non-hydrogen) atoms. The maximum Gasteiger partial charge on any atom is 0.327 e. The molecule has 2 aliphatic heterocycles. The van der Waals surface area contributed by atoms with Crippen molar-refractivity contribution in [1.29, 1.82) is 0 Å². The minimum absolute atomic E-state index is 0.0443. The number of likely N-dealkylation sites (tertiary alicyclic amines) is 1. The molecule has 3 rings (SSSR count). The number of pyridine rings is 1. The number of rotatable bonds is 6. The van der Waals surface area contributed by atoms with E-state index in [-0.39, 0.29) is 18.0 Å². The van der Waals surface area contributed by atoms with Crippen molar-refractivity contribution in [1.82, 2.24) is 19.7 Å². The monoisotopic (exact) mass is 360 g/mol. The van der Waals surface area contributed by atoms with Crippen LogP contribution in [-0.4, -0.2) is 76.6 Å². The lowest BCUT2D eigenvalue weighted by Gasteiger charge is -2.42. The molecule has 0 atom stereocenters. The second-order valence-electron chi connectivity index (χ2n) is 7.36. The molecule has 7 nitrogen and oxygen atoms in total. The third-order valence-corrected chi connectivity index (χ3v) is 5.44. The van der Waals surface area contributed by atoms with Crippen LogP contribution in [0.2, 0.25) is 0 Å². The Balaban J connectivity index is 1.74. The molecule has 3 amide bonds. The molecule has 2 fully saturated rings. The third-order valence-electron chi connectivity index (χ3n) is 5.44. The van der Waals surface area contributed by atoms with E-state index in [2.05, 4.69) is 9.88 Å². The zero-order valence-electron chi connectivity index (χ0n) is 15.9. The molecule has 3 heterocycles. The van der Waals surface area contributed by atoms with Gasteiger partial charge in [0.05, 0.1) is 6.61 Å². The second kappa shape index (κ2) is 7.72. The number of amides is 3. The van der Waals surface area contributed by atoms with Gasteiger partial charge in [-0.2, -0.15) is 0 Å². The number of nitrogens with zero attached hydrogens (tertiary/aromatic N) is 4. The van der Waals surface area contributed by atoms with Crippen LogP contribution in [0.25, 0.3) is 0 Å². The number of hydrogen-bond donors (Lipinski definition) is 0. The van der Waals surface area contributed by atoms with Gasteiger partial charge in [-0.05, 0) is 44.4 Å². The first-order valence-electron chi connectivity index (χ1n) is 9.25. The number of aromatic nitrogens is 1. The lowest BCUT2D eigenvalue weighted by atomic mass is 9.85. The van der Waals surface area contributed by atoms with Gasteiger partial charge >= 0.3 is 6.03 Å². The van der Waals surface area contributed by atoms with Gasteiger partial charge in [0.2, 0.25) is 0 Å². The van der Waals surface area contributed by atoms with E-state index in [0.717, 1.165) is 19.6 Å². The van der Waals surface area contributed by atoms with Crippen LogP contribution < -0.4 is 0 Å². The first kappa shape index (κ1) is 18.8. The summed E-state index contributed by atoms with van der Waals surface area (Å²) in [4.78, 5) is 35.6. The number of carbonyl (C=O) groups is 2. The van der Waals surface area contributed by atoms with E-state index in [1.165, 1.54) is 10.5 Å². The van der Waals surface area contributed by atoms with Gasteiger partial charge in [-0.3, -0.25) is 19.6 Å². The molecule has 142 valence electrons. The van der Waals surface area contributed by atoms with Crippen LogP contribution in [0.5, 0.6) is 0 Å². The van der Waals surface area contributed by atoms with E-state index in [4.69, 9.17) is 4.74 Å². The Morgan fingerprint density at radius 1 is 1.19 bits per heavy atom. The summed E-state index contributed by atoms with van der Waals surface area (Å²) in [7, 11) is 1.62. The van der Waals surface area contributed by atoms with Crippen molar-refractivity contribution >= 4 is 11.9 Å². The zero-order valence-corrected chi connectivity index (χ0v) is 15.9. The average molecular weight is 360 g/mol. The van der Waals surface area contributed by atoms with Crippen molar-refractivity contribution in [2.45, 2.75) is 44.8 Å². The van der Waals surface area contributed by atoms with Crippen molar-refractivity contribution in [3.8, 4) is 0 Å². The Hall–Kier alpha value is -1.99. The summed E-state index contributed by atoms with van der Waals surface area (Å²) in [5, 5.41) is 0. The van der Waals surface area contributed by atoms with Crippen molar-refractivity contribution in [3.63, 3.8) is 0 Å². The quantitative estimate of drug-likeness (QED) is 0.723. The molecule has 0 N–H and O–H groups in total. The molecule has 0 radical (unpaired) electrons. The standard InChI is InChI=1S/C19H28N4O3/c1-15(2)23-17(24)19(22(18(23)25)12-13-26-3)6-10-21(11-7-19)14-16-4-8-20-9-5-16/h4-5,8-9,15H,6-7,10-14H2,1-3H3. The van der Waals surface area contributed by atoms with Crippen LogP contribution >= 0.6 is 0 Å². The van der Waals surface area contributed by atoms with Gasteiger partial charge in [0, 0.05) is 51.7 Å². The van der Waals surface area contributed by atoms with Gasteiger partial charge < -0.3 is 9.64 Å². The molecule has 7 heteroatoms. The van der Waals surface area contributed by atoms with Crippen molar-refractivity contribution in [2.75, 3.05) is 33.4 Å². The lowest BCUT2D eigenvalue weighted by molar-refractivity contribution is -0.136. The molecule has 1 aromatic heterocycles. The van der Waals surface area contributed by atoms with Gasteiger partial charge in [0.15, 0.2) is 0 Å². The van der Waals surface area contributed by atoms with Crippen molar-refractivity contribution in [2.24, 2.45) is 0 Å². The van der Waals surface area contributed by atoms with Gasteiger partial charge in [-0.1, -0.05) is 0 Å². The van der Waals surface area contributed by atoms with Crippen LogP contribution in [-0.2, 0) is 16.1 Å². The smallest absolute Gasteiger partial charge is 0.327 e. The van der Waals surface area contributed by atoms with E-state index < -0.39 is 5.54 Å². The molecule has 0 bridgehead atoms. The topological polar surface area (TPSA) is 66.0 Å². The molecule has 2 saturated heterocycles. The number of methoxy groups -OCH3 is 1. The van der Waals surface area contributed by atoms with Gasteiger partial charge in [-0.15, -0.1) is 0 Å². The summed E-state index contributed by atoms with van der Waals surface area (Å²) >= 11 is 0. The third kappa shape index (κ3) is 3.33. The summed E-state index contributed by atoms with van der Waals surface area (Å²) in [6.07, 6.45) is 4.92. The summed E-state index contributed by atoms with van der Waals surface area (Å²) in [6, 6.07) is 3.72. The van der Waals surface area contributed by atoms with E-state index in [9.17, 15) is 9.59 Å². The van der Waals surface area contributed by atoms with E-state index in [1.807, 2.05) is 26.0 Å². The van der Waals surface area contributed by atoms with E-state index >= 15 is 0 Å². The van der Waals surface area contributed by atoms with Gasteiger partial charge in [-0.25, -0.2) is 4.79 Å². The highest BCUT2D eigenvalue weighted by molar-refractivity contribution is 6.07. The number of urea groups is 1. The Morgan fingerprint density at radius 2 is 1.85 bits per heavy atom. The van der Waals surface area contributed by atoms with Crippen molar-refractivity contribution in [3.05, 3.63) is 30.1 Å². The molecular formula is C19H28N4O3. The molecule has 0 aromatic carbocycles. The summed E-state index contributed by atoms with van der Waals surface area (Å²) in [6.45, 7) is 7.09. The van der Waals surface area contributed by atoms with Crippen molar-refractivity contribution < 1.29 is 14.3 Å². The van der Waals surface area contributed by atoms with Crippen LogP contribution in [0.3, 0.4) is 0 Å². The lowest BCUT2D eigenvalue weighted by Crippen LogP contribution is -2.57. The van der Waals surface area contributed by atoms with E-state index in [1.54, 1.807) is 24.4 Å². The number of carbonyl (C=O) groups excluding carboxylic acids is 2. The van der Waals surface area contributed by atoms with Crippen LogP contribution in [0, 0.1) is 0 Å². The van der Waals surface area contributed by atoms with Crippen LogP contribution in [0.15, 0.2) is 24.5 Å². The maximum absolute atomic E-state index is 13.2. The summed E-state index contributed by atoms with van der Waals surface area (Å²) in [5.74, 6) is -0.0443. The fraction of sp³-hybridized carbons (Fsp3) is 0.632. The molecular weight excluding hydrogens is 332 g/mol. The zero-order chi connectivity index (χ0) is 18.7. The van der Waals surface area contributed by atoms with Gasteiger partial charge in [0.1, 0.15) is 5.54 Å². The molecule has 1 spiro atoms. The highest BCUT2D eigenvalue weighted by atomic mass is 16.5. The van der Waals surface area contributed by atoms with E-state index in [0.29, 0.717) is 26.0 Å². The SMILES string of the molecule is COCCN1C(=O)N(C(C)C)C(=O)C12CCN(Cc1ccncc1)CC2.